The molecular weight excluding hydrogens is 186 g/mol. The summed E-state index contributed by atoms with van der Waals surface area (Å²) < 4.78 is 0. The van der Waals surface area contributed by atoms with Crippen molar-refractivity contribution in [3.63, 3.8) is 0 Å². The fourth-order valence-electron chi connectivity index (χ4n) is 2.90. The largest absolute Gasteiger partial charge is 0.356 e. The quantitative estimate of drug-likeness (QED) is 0.741. The van der Waals surface area contributed by atoms with Crippen LogP contribution >= 0.6 is 0 Å². The molecule has 2 saturated carbocycles. The van der Waals surface area contributed by atoms with Crippen molar-refractivity contribution in [1.29, 1.82) is 0 Å². The smallest absolute Gasteiger partial charge is 0.223 e. The zero-order chi connectivity index (χ0) is 10.8. The van der Waals surface area contributed by atoms with E-state index < -0.39 is 0 Å². The van der Waals surface area contributed by atoms with Crippen LogP contribution in [-0.2, 0) is 4.79 Å². The Labute approximate surface area is 92.8 Å². The molecule has 0 saturated heterocycles. The van der Waals surface area contributed by atoms with Gasteiger partial charge in [0.25, 0.3) is 0 Å². The van der Waals surface area contributed by atoms with E-state index >= 15 is 0 Å². The first-order chi connectivity index (χ1) is 7.24. The molecule has 0 aromatic carbocycles. The fraction of sp³-hybridized carbons (Fsp3) is 0.923. The van der Waals surface area contributed by atoms with Gasteiger partial charge in [-0.1, -0.05) is 26.7 Å². The Bertz CT molecular complexity index is 225. The van der Waals surface area contributed by atoms with Gasteiger partial charge in [-0.3, -0.25) is 4.79 Å². The number of nitrogens with one attached hydrogen (secondary N) is 1. The van der Waals surface area contributed by atoms with Crippen LogP contribution in [0.4, 0.5) is 0 Å². The van der Waals surface area contributed by atoms with Crippen LogP contribution in [0.15, 0.2) is 0 Å². The molecule has 86 valence electrons. The van der Waals surface area contributed by atoms with Crippen molar-refractivity contribution >= 4 is 5.91 Å². The third kappa shape index (κ3) is 2.53. The summed E-state index contributed by atoms with van der Waals surface area (Å²) in [5.41, 5.74) is 0. The SMILES string of the molecule is CCC(CC)CNC(=O)C1CC2CC2C1. The number of hydrogen-bond donors (Lipinski definition) is 1. The van der Waals surface area contributed by atoms with Crippen LogP contribution in [0, 0.1) is 23.7 Å². The van der Waals surface area contributed by atoms with E-state index in [-0.39, 0.29) is 0 Å². The molecule has 0 bridgehead atoms. The van der Waals surface area contributed by atoms with Crippen LogP contribution in [0.2, 0.25) is 0 Å². The van der Waals surface area contributed by atoms with E-state index in [9.17, 15) is 4.79 Å². The maximum absolute atomic E-state index is 11.8. The molecule has 15 heavy (non-hydrogen) atoms. The second-order valence-corrected chi connectivity index (χ2v) is 5.35. The number of carbonyl (C=O) groups excluding carboxylic acids is 1. The van der Waals surface area contributed by atoms with Crippen molar-refractivity contribution in [3.05, 3.63) is 0 Å². The Morgan fingerprint density at radius 2 is 1.80 bits per heavy atom. The van der Waals surface area contributed by atoms with E-state index in [0.29, 0.717) is 17.7 Å². The standard InChI is InChI=1S/C13H23NO/c1-3-9(4-2)8-14-13(15)12-6-10-5-11(10)7-12/h9-12H,3-8H2,1-2H3,(H,14,15). The highest BCUT2D eigenvalue weighted by Crippen LogP contribution is 2.54. The summed E-state index contributed by atoms with van der Waals surface area (Å²) in [7, 11) is 0. The maximum Gasteiger partial charge on any atom is 0.223 e. The van der Waals surface area contributed by atoms with E-state index in [2.05, 4.69) is 19.2 Å². The summed E-state index contributed by atoms with van der Waals surface area (Å²) in [5, 5.41) is 3.13. The van der Waals surface area contributed by atoms with E-state index in [1.165, 1.54) is 32.1 Å². The normalized spacial score (nSPS) is 32.9. The first kappa shape index (κ1) is 11.0. The summed E-state index contributed by atoms with van der Waals surface area (Å²) in [5.74, 6) is 3.17. The highest BCUT2D eigenvalue weighted by atomic mass is 16.1. The van der Waals surface area contributed by atoms with Crippen LogP contribution in [0.5, 0.6) is 0 Å². The van der Waals surface area contributed by atoms with Crippen LogP contribution in [-0.4, -0.2) is 12.5 Å². The third-order valence-corrected chi connectivity index (χ3v) is 4.33. The molecule has 0 aromatic rings. The second-order valence-electron chi connectivity index (χ2n) is 5.35. The van der Waals surface area contributed by atoms with Crippen molar-refractivity contribution in [1.82, 2.24) is 5.32 Å². The molecule has 2 nitrogen and oxygen atoms in total. The van der Waals surface area contributed by atoms with E-state index in [1.54, 1.807) is 0 Å². The minimum absolute atomic E-state index is 0.328. The molecule has 2 heteroatoms. The average molecular weight is 209 g/mol. The van der Waals surface area contributed by atoms with Crippen molar-refractivity contribution in [3.8, 4) is 0 Å². The summed E-state index contributed by atoms with van der Waals surface area (Å²) >= 11 is 0. The van der Waals surface area contributed by atoms with Gasteiger partial charge in [-0.05, 0) is 37.0 Å². The molecule has 0 aromatic heterocycles. The molecule has 2 fully saturated rings. The molecule has 0 heterocycles. The number of amides is 1. The summed E-state index contributed by atoms with van der Waals surface area (Å²) in [6.45, 7) is 5.29. The van der Waals surface area contributed by atoms with Crippen molar-refractivity contribution in [2.45, 2.75) is 46.0 Å². The molecule has 0 radical (unpaired) electrons. The van der Waals surface area contributed by atoms with Crippen molar-refractivity contribution in [2.75, 3.05) is 6.54 Å². The minimum atomic E-state index is 0.328. The summed E-state index contributed by atoms with van der Waals surface area (Å²) in [4.78, 5) is 11.8. The first-order valence-electron chi connectivity index (χ1n) is 6.52. The van der Waals surface area contributed by atoms with Gasteiger partial charge in [-0.2, -0.15) is 0 Å². The lowest BCUT2D eigenvalue weighted by Crippen LogP contribution is -2.33. The van der Waals surface area contributed by atoms with Gasteiger partial charge in [0.2, 0.25) is 5.91 Å². The fourth-order valence-corrected chi connectivity index (χ4v) is 2.90. The molecule has 0 aliphatic heterocycles. The zero-order valence-corrected chi connectivity index (χ0v) is 9.96. The topological polar surface area (TPSA) is 29.1 Å². The highest BCUT2D eigenvalue weighted by molar-refractivity contribution is 5.79. The van der Waals surface area contributed by atoms with Gasteiger partial charge in [-0.25, -0.2) is 0 Å². The summed E-state index contributed by atoms with van der Waals surface area (Å²) in [6.07, 6.45) is 6.08. The lowest BCUT2D eigenvalue weighted by molar-refractivity contribution is -0.125. The first-order valence-corrected chi connectivity index (χ1v) is 6.52. The van der Waals surface area contributed by atoms with Crippen LogP contribution in [0.1, 0.15) is 46.0 Å². The van der Waals surface area contributed by atoms with Gasteiger partial charge in [-0.15, -0.1) is 0 Å². The third-order valence-electron chi connectivity index (χ3n) is 4.33. The molecule has 2 unspecified atom stereocenters. The lowest BCUT2D eigenvalue weighted by Gasteiger charge is -2.16. The Balaban J connectivity index is 1.68. The maximum atomic E-state index is 11.8. The molecule has 2 rings (SSSR count). The highest BCUT2D eigenvalue weighted by Gasteiger charge is 2.47. The van der Waals surface area contributed by atoms with Crippen LogP contribution in [0.25, 0.3) is 0 Å². The van der Waals surface area contributed by atoms with Gasteiger partial charge in [0.15, 0.2) is 0 Å². The molecule has 1 N–H and O–H groups in total. The van der Waals surface area contributed by atoms with Crippen molar-refractivity contribution < 1.29 is 4.79 Å². The monoisotopic (exact) mass is 209 g/mol. The Morgan fingerprint density at radius 1 is 1.20 bits per heavy atom. The molecule has 0 spiro atoms. The lowest BCUT2D eigenvalue weighted by atomic mass is 10.0. The Morgan fingerprint density at radius 3 is 2.33 bits per heavy atom. The number of hydrogen-bond acceptors (Lipinski definition) is 1. The van der Waals surface area contributed by atoms with E-state index in [1.807, 2.05) is 0 Å². The predicted octanol–water partition coefficient (Wildman–Crippen LogP) is 2.58. The Hall–Kier alpha value is -0.530. The van der Waals surface area contributed by atoms with Crippen molar-refractivity contribution in [2.24, 2.45) is 23.7 Å². The number of rotatable bonds is 5. The molecule has 2 atom stereocenters. The molecule has 2 aliphatic carbocycles. The number of fused-ring (bicyclic) bond motifs is 1. The second kappa shape index (κ2) is 4.54. The predicted molar refractivity (Wildman–Crippen MR) is 61.4 cm³/mol. The van der Waals surface area contributed by atoms with Gasteiger partial charge in [0, 0.05) is 12.5 Å². The molecular formula is C13H23NO. The Kier molecular flexibility index (Phi) is 3.32. The average Bonchev–Trinajstić information content (AvgIpc) is 2.87. The van der Waals surface area contributed by atoms with Crippen LogP contribution in [0.3, 0.4) is 0 Å². The van der Waals surface area contributed by atoms with Gasteiger partial charge in [0.05, 0.1) is 0 Å². The minimum Gasteiger partial charge on any atom is -0.356 e. The summed E-state index contributed by atoms with van der Waals surface area (Å²) in [6, 6.07) is 0. The van der Waals surface area contributed by atoms with Gasteiger partial charge >= 0.3 is 0 Å². The van der Waals surface area contributed by atoms with Gasteiger partial charge < -0.3 is 5.32 Å². The molecule has 1 amide bonds. The van der Waals surface area contributed by atoms with E-state index in [0.717, 1.165) is 18.4 Å². The van der Waals surface area contributed by atoms with Gasteiger partial charge in [0.1, 0.15) is 0 Å². The number of carbonyl (C=O) groups is 1. The van der Waals surface area contributed by atoms with Crippen LogP contribution < -0.4 is 5.32 Å². The zero-order valence-electron chi connectivity index (χ0n) is 9.96. The van der Waals surface area contributed by atoms with E-state index in [4.69, 9.17) is 0 Å². The molecule has 2 aliphatic rings.